The van der Waals surface area contributed by atoms with E-state index in [4.69, 9.17) is 0 Å². The number of rotatable bonds is 7. The molecule has 0 spiro atoms. The van der Waals surface area contributed by atoms with Crippen LogP contribution in [-0.2, 0) is 4.79 Å². The molecule has 0 bridgehead atoms. The zero-order valence-electron chi connectivity index (χ0n) is 12.4. The van der Waals surface area contributed by atoms with Crippen molar-refractivity contribution >= 4 is 11.9 Å². The molecule has 0 aliphatic rings. The normalized spacial score (nSPS) is 13.2. The molecule has 0 saturated carbocycles. The van der Waals surface area contributed by atoms with Gasteiger partial charge in [0.2, 0.25) is 0 Å². The van der Waals surface area contributed by atoms with Crippen LogP contribution in [0.25, 0.3) is 0 Å². The van der Waals surface area contributed by atoms with E-state index in [-0.39, 0.29) is 5.56 Å². The first-order valence-electron chi connectivity index (χ1n) is 6.56. The van der Waals surface area contributed by atoms with E-state index < -0.39 is 44.8 Å². The van der Waals surface area contributed by atoms with Crippen molar-refractivity contribution in [2.24, 2.45) is 5.92 Å². The number of hydrogen-bond acceptors (Lipinski definition) is 6. The van der Waals surface area contributed by atoms with Gasteiger partial charge < -0.3 is 5.11 Å². The molecule has 0 unspecified atom stereocenters. The van der Waals surface area contributed by atoms with Crippen LogP contribution in [0.5, 0.6) is 0 Å². The van der Waals surface area contributed by atoms with E-state index in [0.717, 1.165) is 0 Å². The van der Waals surface area contributed by atoms with Gasteiger partial charge in [0.05, 0.1) is 11.3 Å². The summed E-state index contributed by atoms with van der Waals surface area (Å²) in [6.45, 7) is 2.93. The second kappa shape index (κ2) is 6.81. The van der Waals surface area contributed by atoms with E-state index in [1.54, 1.807) is 6.07 Å². The number of hydrazine groups is 1. The molecule has 1 amide bonds. The van der Waals surface area contributed by atoms with E-state index in [2.05, 4.69) is 0 Å². The van der Waals surface area contributed by atoms with Crippen LogP contribution in [-0.4, -0.2) is 37.6 Å². The molecule has 0 radical (unpaired) electrons. The van der Waals surface area contributed by atoms with Gasteiger partial charge in [0.15, 0.2) is 5.03 Å². The van der Waals surface area contributed by atoms with Crippen LogP contribution in [0.15, 0.2) is 30.3 Å². The van der Waals surface area contributed by atoms with Crippen molar-refractivity contribution in [3.63, 3.8) is 0 Å². The topological polar surface area (TPSA) is 144 Å². The van der Waals surface area contributed by atoms with Crippen molar-refractivity contribution in [2.45, 2.75) is 25.9 Å². The van der Waals surface area contributed by atoms with Crippen molar-refractivity contribution in [3.05, 3.63) is 56.1 Å². The fourth-order valence-electron chi connectivity index (χ4n) is 2.14. The van der Waals surface area contributed by atoms with Gasteiger partial charge in [-0.3, -0.25) is 14.9 Å². The highest BCUT2D eigenvalue weighted by Gasteiger charge is 2.66. The highest BCUT2D eigenvalue weighted by molar-refractivity contribution is 5.96. The van der Waals surface area contributed by atoms with Gasteiger partial charge in [-0.25, -0.2) is 14.9 Å². The molecular formula is C13H15N3O7. The van der Waals surface area contributed by atoms with E-state index in [9.17, 15) is 34.9 Å². The molecule has 0 aromatic heterocycles. The van der Waals surface area contributed by atoms with Crippen LogP contribution in [0.3, 0.4) is 0 Å². The molecule has 1 rings (SSSR count). The number of carboxylic acid groups (broad SMARTS) is 1. The predicted octanol–water partition coefficient (Wildman–Crippen LogP) is 1.42. The molecule has 10 nitrogen and oxygen atoms in total. The summed E-state index contributed by atoms with van der Waals surface area (Å²) in [5, 5.41) is 30.3. The van der Waals surface area contributed by atoms with Crippen LogP contribution in [0.4, 0.5) is 0 Å². The van der Waals surface area contributed by atoms with Crippen LogP contribution in [0.2, 0.25) is 0 Å². The minimum absolute atomic E-state index is 0.222. The van der Waals surface area contributed by atoms with Crippen molar-refractivity contribution in [1.29, 1.82) is 0 Å². The predicted molar refractivity (Wildman–Crippen MR) is 76.4 cm³/mol. The fraction of sp³-hybridized carbons (Fsp3) is 0.385. The molecule has 124 valence electrons. The van der Waals surface area contributed by atoms with E-state index in [1.807, 2.05) is 0 Å². The highest BCUT2D eigenvalue weighted by Crippen LogP contribution is 2.28. The standard InChI is InChI=1S/C13H15N3O7/c1-9(2)8-13(12(18)19,15(20)21)14(16(22)23)11(17)10-6-4-3-5-7-10/h3-7,9H,8H2,1-2H3,(H,18,19)/t13-/m1/s1. The van der Waals surface area contributed by atoms with E-state index in [1.165, 1.54) is 38.1 Å². The summed E-state index contributed by atoms with van der Waals surface area (Å²) in [4.78, 5) is 45.3. The van der Waals surface area contributed by atoms with Crippen LogP contribution in [0.1, 0.15) is 30.6 Å². The van der Waals surface area contributed by atoms with Gasteiger partial charge in [-0.15, -0.1) is 0 Å². The summed E-state index contributed by atoms with van der Waals surface area (Å²) in [6, 6.07) is 6.77. The van der Waals surface area contributed by atoms with Gasteiger partial charge >= 0.3 is 17.5 Å². The first-order chi connectivity index (χ1) is 10.6. The lowest BCUT2D eigenvalue weighted by molar-refractivity contribution is -0.732. The van der Waals surface area contributed by atoms with Crippen molar-refractivity contribution in [3.8, 4) is 0 Å². The first kappa shape index (κ1) is 18.0. The molecule has 0 saturated heterocycles. The molecule has 0 fully saturated rings. The van der Waals surface area contributed by atoms with Gasteiger partial charge in [-0.1, -0.05) is 32.0 Å². The van der Waals surface area contributed by atoms with Gasteiger partial charge in [0.1, 0.15) is 0 Å². The Balaban J connectivity index is 3.54. The highest BCUT2D eigenvalue weighted by atomic mass is 16.7. The average Bonchev–Trinajstić information content (AvgIpc) is 2.45. The SMILES string of the molecule is CC(C)C[C@@](C(=O)O)(N(C(=O)c1ccccc1)[N+](=O)[O-])[N+](=O)[O-]. The Morgan fingerprint density at radius 2 is 1.74 bits per heavy atom. The first-order valence-corrected chi connectivity index (χ1v) is 6.56. The van der Waals surface area contributed by atoms with E-state index >= 15 is 0 Å². The van der Waals surface area contributed by atoms with Crippen LogP contribution in [0, 0.1) is 26.1 Å². The molecule has 1 aromatic rings. The number of aliphatic carboxylic acids is 1. The Morgan fingerprint density at radius 3 is 2.09 bits per heavy atom. The Morgan fingerprint density at radius 1 is 1.22 bits per heavy atom. The minimum atomic E-state index is -3.19. The Hall–Kier alpha value is -3.04. The number of nitrogens with zero attached hydrogens (tertiary/aromatic N) is 3. The fourth-order valence-corrected chi connectivity index (χ4v) is 2.14. The quantitative estimate of drug-likeness (QED) is 0.453. The summed E-state index contributed by atoms with van der Waals surface area (Å²) in [6.07, 6.45) is -0.713. The maximum absolute atomic E-state index is 12.3. The number of amides is 1. The summed E-state index contributed by atoms with van der Waals surface area (Å²) < 4.78 is 0. The molecule has 1 atom stereocenters. The summed E-state index contributed by atoms with van der Waals surface area (Å²) >= 11 is 0. The third kappa shape index (κ3) is 3.42. The third-order valence-electron chi connectivity index (χ3n) is 3.06. The Labute approximate surface area is 130 Å². The minimum Gasteiger partial charge on any atom is -0.474 e. The number of carbonyl (C=O) groups is 2. The molecule has 23 heavy (non-hydrogen) atoms. The number of carbonyl (C=O) groups excluding carboxylic acids is 1. The lowest BCUT2D eigenvalue weighted by Gasteiger charge is -2.26. The summed E-state index contributed by atoms with van der Waals surface area (Å²) in [7, 11) is 0. The maximum atomic E-state index is 12.3. The van der Waals surface area contributed by atoms with Gasteiger partial charge in [-0.05, 0) is 18.1 Å². The molecule has 1 aromatic carbocycles. The maximum Gasteiger partial charge on any atom is 0.448 e. The van der Waals surface area contributed by atoms with Crippen molar-refractivity contribution in [2.75, 3.05) is 0 Å². The van der Waals surface area contributed by atoms with Crippen molar-refractivity contribution < 1.29 is 24.7 Å². The Bertz CT molecular complexity index is 616. The summed E-state index contributed by atoms with van der Waals surface area (Å²) in [5.41, 5.74) is -3.41. The van der Waals surface area contributed by atoms with Crippen LogP contribution < -0.4 is 0 Å². The zero-order valence-corrected chi connectivity index (χ0v) is 12.4. The monoisotopic (exact) mass is 325 g/mol. The lowest BCUT2D eigenvalue weighted by Crippen LogP contribution is -2.64. The van der Waals surface area contributed by atoms with Crippen LogP contribution >= 0.6 is 0 Å². The third-order valence-corrected chi connectivity index (χ3v) is 3.06. The second-order valence-corrected chi connectivity index (χ2v) is 5.20. The number of carboxylic acids is 1. The van der Waals surface area contributed by atoms with Gasteiger partial charge in [0.25, 0.3) is 0 Å². The van der Waals surface area contributed by atoms with E-state index in [0.29, 0.717) is 0 Å². The largest absolute Gasteiger partial charge is 0.474 e. The number of hydrogen-bond donors (Lipinski definition) is 1. The molecule has 0 heterocycles. The second-order valence-electron chi connectivity index (χ2n) is 5.20. The van der Waals surface area contributed by atoms with Gasteiger partial charge in [0, 0.05) is 10.6 Å². The average molecular weight is 325 g/mol. The number of nitro groups is 2. The molecule has 1 N–H and O–H groups in total. The van der Waals surface area contributed by atoms with Gasteiger partial charge in [-0.2, -0.15) is 0 Å². The molecule has 10 heteroatoms. The molecule has 0 aliphatic carbocycles. The molecular weight excluding hydrogens is 310 g/mol. The lowest BCUT2D eigenvalue weighted by atomic mass is 9.96. The molecule has 0 aliphatic heterocycles. The Kier molecular flexibility index (Phi) is 5.34. The number of benzene rings is 1. The zero-order chi connectivity index (χ0) is 17.8. The smallest absolute Gasteiger partial charge is 0.448 e. The summed E-state index contributed by atoms with van der Waals surface area (Å²) in [5.74, 6) is -4.02. The van der Waals surface area contributed by atoms with Crippen molar-refractivity contribution in [1.82, 2.24) is 5.01 Å².